The van der Waals surface area contributed by atoms with Gasteiger partial charge in [0.2, 0.25) is 0 Å². The zero-order valence-corrected chi connectivity index (χ0v) is 12.7. The fourth-order valence-corrected chi connectivity index (χ4v) is 2.48. The third-order valence-electron chi connectivity index (χ3n) is 3.49. The van der Waals surface area contributed by atoms with Crippen LogP contribution in [0.5, 0.6) is 0 Å². The van der Waals surface area contributed by atoms with Crippen molar-refractivity contribution >= 4 is 11.6 Å². The zero-order valence-electron chi connectivity index (χ0n) is 12.0. The minimum Gasteiger partial charge on any atom is -0.304 e. The molecular formula is C17H19ClFN. The van der Waals surface area contributed by atoms with Crippen LogP contribution < -0.4 is 5.32 Å². The van der Waals surface area contributed by atoms with E-state index in [0.717, 1.165) is 5.56 Å². The Hall–Kier alpha value is -1.38. The molecule has 0 amide bonds. The molecule has 0 heterocycles. The molecule has 3 heteroatoms. The molecule has 0 aliphatic rings. The predicted octanol–water partition coefficient (Wildman–Crippen LogP) is 5.20. The van der Waals surface area contributed by atoms with Crippen molar-refractivity contribution in [2.24, 2.45) is 0 Å². The third-order valence-corrected chi connectivity index (χ3v) is 3.78. The average Bonchev–Trinajstić information content (AvgIpc) is 2.41. The Kier molecular flexibility index (Phi) is 4.79. The first-order valence-electron chi connectivity index (χ1n) is 6.75. The van der Waals surface area contributed by atoms with E-state index in [1.807, 2.05) is 0 Å². The van der Waals surface area contributed by atoms with Crippen LogP contribution in [0.3, 0.4) is 0 Å². The van der Waals surface area contributed by atoms with Gasteiger partial charge in [0.05, 0.1) is 5.02 Å². The quantitative estimate of drug-likeness (QED) is 0.816. The summed E-state index contributed by atoms with van der Waals surface area (Å²) in [6.07, 6.45) is 0. The largest absolute Gasteiger partial charge is 0.304 e. The van der Waals surface area contributed by atoms with Crippen molar-refractivity contribution in [2.75, 3.05) is 0 Å². The van der Waals surface area contributed by atoms with E-state index in [1.54, 1.807) is 12.1 Å². The molecule has 0 saturated carbocycles. The highest BCUT2D eigenvalue weighted by atomic mass is 35.5. The number of benzene rings is 2. The van der Waals surface area contributed by atoms with Crippen molar-refractivity contribution in [3.63, 3.8) is 0 Å². The van der Waals surface area contributed by atoms with Gasteiger partial charge in [-0.1, -0.05) is 47.5 Å². The predicted molar refractivity (Wildman–Crippen MR) is 82.6 cm³/mol. The summed E-state index contributed by atoms with van der Waals surface area (Å²) in [5.41, 5.74) is 3.47. The van der Waals surface area contributed by atoms with Crippen LogP contribution in [0.15, 0.2) is 42.5 Å². The molecule has 1 unspecified atom stereocenters. The van der Waals surface area contributed by atoms with Gasteiger partial charge in [-0.05, 0) is 44.0 Å². The average molecular weight is 292 g/mol. The maximum absolute atomic E-state index is 13.2. The molecular weight excluding hydrogens is 273 g/mol. The number of rotatable bonds is 4. The van der Waals surface area contributed by atoms with Gasteiger partial charge >= 0.3 is 0 Å². The number of hydrogen-bond acceptors (Lipinski definition) is 1. The second kappa shape index (κ2) is 6.38. The van der Waals surface area contributed by atoms with Gasteiger partial charge in [-0.25, -0.2) is 4.39 Å². The van der Waals surface area contributed by atoms with Gasteiger partial charge in [0.25, 0.3) is 0 Å². The van der Waals surface area contributed by atoms with Crippen LogP contribution in [0.2, 0.25) is 5.02 Å². The normalized spacial score (nSPS) is 14.1. The van der Waals surface area contributed by atoms with Crippen molar-refractivity contribution in [3.05, 3.63) is 70.0 Å². The first-order chi connectivity index (χ1) is 9.47. The summed E-state index contributed by atoms with van der Waals surface area (Å²) in [5, 5.41) is 3.67. The molecule has 0 aliphatic carbocycles. The standard InChI is InChI=1S/C17H19ClFN/c1-11-5-4-6-14(9-11)12(2)20-13(3)15-7-8-17(19)16(18)10-15/h4-10,12-13,20H,1-3H3/t12-,13?/m0/s1. The fourth-order valence-electron chi connectivity index (χ4n) is 2.29. The van der Waals surface area contributed by atoms with E-state index in [4.69, 9.17) is 11.6 Å². The van der Waals surface area contributed by atoms with Gasteiger partial charge in [0, 0.05) is 12.1 Å². The van der Waals surface area contributed by atoms with Crippen molar-refractivity contribution < 1.29 is 4.39 Å². The van der Waals surface area contributed by atoms with Crippen molar-refractivity contribution in [1.29, 1.82) is 0 Å². The summed E-state index contributed by atoms with van der Waals surface area (Å²) in [4.78, 5) is 0. The molecule has 20 heavy (non-hydrogen) atoms. The van der Waals surface area contributed by atoms with E-state index < -0.39 is 0 Å². The molecule has 2 aromatic carbocycles. The molecule has 2 aromatic rings. The van der Waals surface area contributed by atoms with E-state index in [2.05, 4.69) is 50.4 Å². The number of halogens is 2. The smallest absolute Gasteiger partial charge is 0.141 e. The van der Waals surface area contributed by atoms with Crippen LogP contribution >= 0.6 is 11.6 Å². The van der Waals surface area contributed by atoms with Gasteiger partial charge in [-0.15, -0.1) is 0 Å². The fraction of sp³-hybridized carbons (Fsp3) is 0.294. The monoisotopic (exact) mass is 291 g/mol. The highest BCUT2D eigenvalue weighted by molar-refractivity contribution is 6.30. The second-order valence-corrected chi connectivity index (χ2v) is 5.60. The zero-order chi connectivity index (χ0) is 14.7. The van der Waals surface area contributed by atoms with E-state index in [1.165, 1.54) is 17.2 Å². The molecule has 0 aliphatic heterocycles. The maximum atomic E-state index is 13.2. The van der Waals surface area contributed by atoms with Crippen LogP contribution in [0.4, 0.5) is 4.39 Å². The molecule has 0 aromatic heterocycles. The molecule has 2 atom stereocenters. The Bertz CT molecular complexity index is 597. The van der Waals surface area contributed by atoms with E-state index in [0.29, 0.717) is 0 Å². The lowest BCUT2D eigenvalue weighted by atomic mass is 10.0. The van der Waals surface area contributed by atoms with Gasteiger partial charge < -0.3 is 5.32 Å². The van der Waals surface area contributed by atoms with Gasteiger partial charge in [0.1, 0.15) is 5.82 Å². The van der Waals surface area contributed by atoms with Crippen molar-refractivity contribution in [2.45, 2.75) is 32.9 Å². The van der Waals surface area contributed by atoms with Crippen LogP contribution in [-0.4, -0.2) is 0 Å². The summed E-state index contributed by atoms with van der Waals surface area (Å²) in [6.45, 7) is 6.26. The number of hydrogen-bond donors (Lipinski definition) is 1. The molecule has 1 N–H and O–H groups in total. The topological polar surface area (TPSA) is 12.0 Å². The number of nitrogens with one attached hydrogen (secondary N) is 1. The molecule has 0 spiro atoms. The minimum absolute atomic E-state index is 0.101. The number of aryl methyl sites for hydroxylation is 1. The van der Waals surface area contributed by atoms with Gasteiger partial charge in [-0.3, -0.25) is 0 Å². The van der Waals surface area contributed by atoms with Crippen LogP contribution in [0.25, 0.3) is 0 Å². The Balaban J connectivity index is 2.10. The van der Waals surface area contributed by atoms with Crippen LogP contribution in [-0.2, 0) is 0 Å². The third kappa shape index (κ3) is 3.59. The lowest BCUT2D eigenvalue weighted by Gasteiger charge is -2.21. The molecule has 106 valence electrons. The lowest BCUT2D eigenvalue weighted by molar-refractivity contribution is 0.493. The van der Waals surface area contributed by atoms with E-state index in [-0.39, 0.29) is 22.9 Å². The van der Waals surface area contributed by atoms with Crippen LogP contribution in [0.1, 0.15) is 42.6 Å². The summed E-state index contributed by atoms with van der Waals surface area (Å²) in [6, 6.07) is 13.6. The molecule has 0 saturated heterocycles. The van der Waals surface area contributed by atoms with Gasteiger partial charge in [0.15, 0.2) is 0 Å². The Morgan fingerprint density at radius 2 is 1.65 bits per heavy atom. The SMILES string of the molecule is Cc1cccc([C@H](C)NC(C)c2ccc(F)c(Cl)c2)c1. The molecule has 0 bridgehead atoms. The molecule has 0 radical (unpaired) electrons. The highest BCUT2D eigenvalue weighted by Gasteiger charge is 2.12. The van der Waals surface area contributed by atoms with Crippen molar-refractivity contribution in [1.82, 2.24) is 5.32 Å². The Morgan fingerprint density at radius 3 is 2.25 bits per heavy atom. The molecule has 2 rings (SSSR count). The van der Waals surface area contributed by atoms with E-state index in [9.17, 15) is 4.39 Å². The van der Waals surface area contributed by atoms with Crippen molar-refractivity contribution in [3.8, 4) is 0 Å². The van der Waals surface area contributed by atoms with Gasteiger partial charge in [-0.2, -0.15) is 0 Å². The summed E-state index contributed by atoms with van der Waals surface area (Å²) < 4.78 is 13.2. The molecule has 0 fully saturated rings. The maximum Gasteiger partial charge on any atom is 0.141 e. The first-order valence-corrected chi connectivity index (χ1v) is 7.12. The summed E-state index contributed by atoms with van der Waals surface area (Å²) in [5.74, 6) is -0.380. The summed E-state index contributed by atoms with van der Waals surface area (Å²) >= 11 is 5.83. The lowest BCUT2D eigenvalue weighted by Crippen LogP contribution is -2.22. The highest BCUT2D eigenvalue weighted by Crippen LogP contribution is 2.23. The molecule has 1 nitrogen and oxygen atoms in total. The summed E-state index contributed by atoms with van der Waals surface area (Å²) in [7, 11) is 0. The Labute approximate surface area is 124 Å². The van der Waals surface area contributed by atoms with Crippen LogP contribution in [0, 0.1) is 12.7 Å². The van der Waals surface area contributed by atoms with E-state index >= 15 is 0 Å². The first kappa shape index (κ1) is 15.0. The minimum atomic E-state index is -0.380. The second-order valence-electron chi connectivity index (χ2n) is 5.20. The Morgan fingerprint density at radius 1 is 1.00 bits per heavy atom.